The van der Waals surface area contributed by atoms with E-state index in [2.05, 4.69) is 22.3 Å². The second-order valence-electron chi connectivity index (χ2n) is 8.58. The molecule has 2 atom stereocenters. The first-order valence-corrected chi connectivity index (χ1v) is 11.5. The molecule has 0 saturated carbocycles. The summed E-state index contributed by atoms with van der Waals surface area (Å²) >= 11 is 0. The smallest absolute Gasteiger partial charge is 0.327 e. The van der Waals surface area contributed by atoms with Crippen LogP contribution in [0.15, 0.2) is 54.6 Å². The summed E-state index contributed by atoms with van der Waals surface area (Å²) < 4.78 is 7.48. The minimum Gasteiger partial charge on any atom is -0.494 e. The number of benzene rings is 2. The van der Waals surface area contributed by atoms with Crippen molar-refractivity contribution in [2.24, 2.45) is 0 Å². The average Bonchev–Trinajstić information content (AvgIpc) is 3.42. The van der Waals surface area contributed by atoms with Gasteiger partial charge in [-0.2, -0.15) is 0 Å². The standard InChI is InChI=1S/C25H28N6O3/c1-4-34-19-14-12-18(13-15-19)21-26-27-24-30(16-8-11-17-9-6-5-7-10-17)20-22(31(21)24)28(2)25(33)29(3)23(20)32/h5-7,9-10,12-15,20,22H,4,8,11,16H2,1-3H3. The number of hydrogen-bond acceptors (Lipinski definition) is 6. The largest absolute Gasteiger partial charge is 0.494 e. The number of aryl methyl sites for hydroxylation is 1. The Hall–Kier alpha value is -3.88. The first-order chi connectivity index (χ1) is 16.5. The van der Waals surface area contributed by atoms with Crippen molar-refractivity contribution < 1.29 is 14.3 Å². The monoisotopic (exact) mass is 460 g/mol. The molecule has 2 unspecified atom stereocenters. The molecule has 0 N–H and O–H groups in total. The Bertz CT molecular complexity index is 1190. The number of carbonyl (C=O) groups is 2. The molecule has 2 aromatic carbocycles. The van der Waals surface area contributed by atoms with Gasteiger partial charge in [-0.1, -0.05) is 30.3 Å². The Labute approximate surface area is 198 Å². The Kier molecular flexibility index (Phi) is 5.69. The molecule has 34 heavy (non-hydrogen) atoms. The number of fused-ring (bicyclic) bond motifs is 3. The zero-order valence-electron chi connectivity index (χ0n) is 19.6. The zero-order chi connectivity index (χ0) is 23.8. The molecular weight excluding hydrogens is 432 g/mol. The molecule has 0 spiro atoms. The number of amides is 3. The number of rotatable bonds is 7. The van der Waals surface area contributed by atoms with Gasteiger partial charge in [-0.3, -0.25) is 14.3 Å². The highest BCUT2D eigenvalue weighted by Crippen LogP contribution is 2.42. The minimum absolute atomic E-state index is 0.226. The lowest BCUT2D eigenvalue weighted by Crippen LogP contribution is -2.61. The van der Waals surface area contributed by atoms with Crippen molar-refractivity contribution in [2.45, 2.75) is 32.0 Å². The first kappa shape index (κ1) is 21.9. The van der Waals surface area contributed by atoms with Crippen molar-refractivity contribution in [1.29, 1.82) is 0 Å². The van der Waals surface area contributed by atoms with Crippen molar-refractivity contribution in [3.05, 3.63) is 60.2 Å². The molecule has 0 aliphatic carbocycles. The summed E-state index contributed by atoms with van der Waals surface area (Å²) in [6, 6.07) is 17.0. The molecular formula is C25H28N6O3. The summed E-state index contributed by atoms with van der Waals surface area (Å²) in [5, 5.41) is 8.94. The van der Waals surface area contributed by atoms with Crippen molar-refractivity contribution in [3.63, 3.8) is 0 Å². The lowest BCUT2D eigenvalue weighted by atomic mass is 10.1. The van der Waals surface area contributed by atoms with Crippen LogP contribution in [-0.2, 0) is 11.2 Å². The van der Waals surface area contributed by atoms with Crippen molar-refractivity contribution in [1.82, 2.24) is 24.6 Å². The van der Waals surface area contributed by atoms with Gasteiger partial charge in [0.15, 0.2) is 11.9 Å². The van der Waals surface area contributed by atoms with E-state index in [4.69, 9.17) is 4.74 Å². The summed E-state index contributed by atoms with van der Waals surface area (Å²) in [5.74, 6) is 1.77. The summed E-state index contributed by atoms with van der Waals surface area (Å²) in [4.78, 5) is 30.9. The van der Waals surface area contributed by atoms with Crippen molar-refractivity contribution in [3.8, 4) is 17.1 Å². The number of aromatic nitrogens is 3. The Morgan fingerprint density at radius 3 is 2.41 bits per heavy atom. The highest BCUT2D eigenvalue weighted by molar-refractivity contribution is 6.02. The number of ether oxygens (including phenoxy) is 1. The summed E-state index contributed by atoms with van der Waals surface area (Å²) in [6.07, 6.45) is 1.21. The SMILES string of the molecule is CCOc1ccc(-c2nnc3n2C2C(C(=O)N(C)C(=O)N2C)N3CCCc2ccccc2)cc1. The van der Waals surface area contributed by atoms with Crippen LogP contribution in [0.1, 0.15) is 25.1 Å². The molecule has 0 radical (unpaired) electrons. The lowest BCUT2D eigenvalue weighted by Gasteiger charge is -2.40. The zero-order valence-corrected chi connectivity index (χ0v) is 19.6. The first-order valence-electron chi connectivity index (χ1n) is 11.5. The molecule has 3 amide bonds. The molecule has 9 heteroatoms. The number of likely N-dealkylation sites (N-methyl/N-ethyl adjacent to an activating group) is 2. The minimum atomic E-state index is -0.546. The molecule has 5 rings (SSSR count). The molecule has 1 saturated heterocycles. The fraction of sp³-hybridized carbons (Fsp3) is 0.360. The molecule has 2 aliphatic heterocycles. The van der Waals surface area contributed by atoms with Crippen LogP contribution in [0.2, 0.25) is 0 Å². The molecule has 2 aliphatic rings. The second kappa shape index (κ2) is 8.81. The molecule has 3 heterocycles. The van der Waals surface area contributed by atoms with E-state index >= 15 is 0 Å². The lowest BCUT2D eigenvalue weighted by molar-refractivity contribution is -0.133. The number of imide groups is 1. The highest BCUT2D eigenvalue weighted by Gasteiger charge is 2.54. The van der Waals surface area contributed by atoms with Gasteiger partial charge in [0.2, 0.25) is 5.95 Å². The predicted molar refractivity (Wildman–Crippen MR) is 127 cm³/mol. The average molecular weight is 461 g/mol. The molecule has 0 bridgehead atoms. The fourth-order valence-electron chi connectivity index (χ4n) is 4.84. The normalized spacial score (nSPS) is 19.4. The maximum absolute atomic E-state index is 13.3. The number of urea groups is 1. The van der Waals surface area contributed by atoms with E-state index in [1.807, 2.05) is 58.9 Å². The maximum Gasteiger partial charge on any atom is 0.327 e. The van der Waals surface area contributed by atoms with Gasteiger partial charge in [0.25, 0.3) is 5.91 Å². The molecule has 9 nitrogen and oxygen atoms in total. The Morgan fingerprint density at radius 2 is 1.71 bits per heavy atom. The molecule has 1 aromatic heterocycles. The third-order valence-corrected chi connectivity index (χ3v) is 6.52. The van der Waals surface area contributed by atoms with Crippen molar-refractivity contribution in [2.75, 3.05) is 32.1 Å². The topological polar surface area (TPSA) is 83.8 Å². The van der Waals surface area contributed by atoms with Crippen LogP contribution in [0.4, 0.5) is 10.7 Å². The van der Waals surface area contributed by atoms with Crippen LogP contribution in [0.5, 0.6) is 5.75 Å². The molecule has 3 aromatic rings. The van der Waals surface area contributed by atoms with Gasteiger partial charge in [0.1, 0.15) is 11.9 Å². The van der Waals surface area contributed by atoms with E-state index in [1.165, 1.54) is 17.5 Å². The van der Waals surface area contributed by atoms with E-state index in [9.17, 15) is 9.59 Å². The van der Waals surface area contributed by atoms with Gasteiger partial charge in [-0.25, -0.2) is 4.79 Å². The van der Waals surface area contributed by atoms with Gasteiger partial charge in [-0.15, -0.1) is 10.2 Å². The van der Waals surface area contributed by atoms with Gasteiger partial charge in [-0.05, 0) is 49.6 Å². The summed E-state index contributed by atoms with van der Waals surface area (Å²) in [5.41, 5.74) is 2.09. The summed E-state index contributed by atoms with van der Waals surface area (Å²) in [6.45, 7) is 3.15. The van der Waals surface area contributed by atoms with E-state index in [0.717, 1.165) is 24.2 Å². The quantitative estimate of drug-likeness (QED) is 0.539. The summed E-state index contributed by atoms with van der Waals surface area (Å²) in [7, 11) is 3.26. The van der Waals surface area contributed by atoms with Gasteiger partial charge >= 0.3 is 6.03 Å². The van der Waals surface area contributed by atoms with E-state index in [1.54, 1.807) is 11.9 Å². The van der Waals surface area contributed by atoms with Crippen LogP contribution in [0.25, 0.3) is 11.4 Å². The number of anilines is 1. The highest BCUT2D eigenvalue weighted by atomic mass is 16.5. The second-order valence-corrected chi connectivity index (χ2v) is 8.58. The van der Waals surface area contributed by atoms with Crippen LogP contribution < -0.4 is 9.64 Å². The number of hydrogen-bond donors (Lipinski definition) is 0. The van der Waals surface area contributed by atoms with Crippen LogP contribution in [0, 0.1) is 0 Å². The van der Waals surface area contributed by atoms with E-state index in [-0.39, 0.29) is 11.9 Å². The van der Waals surface area contributed by atoms with E-state index in [0.29, 0.717) is 24.9 Å². The molecule has 1 fully saturated rings. The number of nitrogens with zero attached hydrogens (tertiary/aromatic N) is 6. The fourth-order valence-corrected chi connectivity index (χ4v) is 4.84. The van der Waals surface area contributed by atoms with Crippen molar-refractivity contribution >= 4 is 17.9 Å². The number of carbonyl (C=O) groups excluding carboxylic acids is 2. The third kappa shape index (κ3) is 3.57. The maximum atomic E-state index is 13.3. The Balaban J connectivity index is 1.50. The Morgan fingerprint density at radius 1 is 0.971 bits per heavy atom. The predicted octanol–water partition coefficient (Wildman–Crippen LogP) is 3.19. The van der Waals surface area contributed by atoms with Crippen LogP contribution in [-0.4, -0.2) is 69.8 Å². The molecule has 176 valence electrons. The van der Waals surface area contributed by atoms with Gasteiger partial charge < -0.3 is 14.5 Å². The van der Waals surface area contributed by atoms with E-state index < -0.39 is 12.2 Å². The third-order valence-electron chi connectivity index (χ3n) is 6.52. The van der Waals surface area contributed by atoms with Gasteiger partial charge in [0.05, 0.1) is 6.61 Å². The van der Waals surface area contributed by atoms with Crippen LogP contribution >= 0.6 is 0 Å². The van der Waals surface area contributed by atoms with Crippen LogP contribution in [0.3, 0.4) is 0 Å². The van der Waals surface area contributed by atoms with Gasteiger partial charge in [0, 0.05) is 26.2 Å².